The van der Waals surface area contributed by atoms with Crippen LogP contribution in [-0.4, -0.2) is 39.9 Å². The van der Waals surface area contributed by atoms with Crippen LogP contribution in [0.15, 0.2) is 24.4 Å². The van der Waals surface area contributed by atoms with E-state index < -0.39 is 5.54 Å². The number of rotatable bonds is 7. The Morgan fingerprint density at radius 2 is 2.03 bits per heavy atom. The number of fused-ring (bicyclic) bond motifs is 3. The van der Waals surface area contributed by atoms with Crippen LogP contribution < -0.4 is 16.0 Å². The highest BCUT2D eigenvalue weighted by Gasteiger charge is 2.21. The third kappa shape index (κ3) is 4.94. The Labute approximate surface area is 181 Å². The second-order valence-corrected chi connectivity index (χ2v) is 8.64. The van der Waals surface area contributed by atoms with Gasteiger partial charge >= 0.3 is 0 Å². The predicted molar refractivity (Wildman–Crippen MR) is 122 cm³/mol. The second-order valence-electron chi connectivity index (χ2n) is 8.64. The molecule has 2 amide bonds. The lowest BCUT2D eigenvalue weighted by Gasteiger charge is -2.25. The molecule has 1 aromatic carbocycles. The number of amides is 2. The Morgan fingerprint density at radius 3 is 2.68 bits per heavy atom. The molecule has 31 heavy (non-hydrogen) atoms. The number of nitrogens with one attached hydrogen (secondary N) is 4. The lowest BCUT2D eigenvalue weighted by atomic mass is 10.0. The van der Waals surface area contributed by atoms with E-state index in [-0.39, 0.29) is 17.9 Å². The van der Waals surface area contributed by atoms with Crippen molar-refractivity contribution in [3.8, 4) is 6.07 Å². The van der Waals surface area contributed by atoms with E-state index in [9.17, 15) is 14.9 Å². The van der Waals surface area contributed by atoms with Crippen molar-refractivity contribution in [1.29, 1.82) is 5.26 Å². The smallest absolute Gasteiger partial charge is 0.255 e. The molecule has 3 aromatic rings. The van der Waals surface area contributed by atoms with Gasteiger partial charge in [0.2, 0.25) is 5.91 Å². The van der Waals surface area contributed by atoms with Gasteiger partial charge in [0.15, 0.2) is 0 Å². The summed E-state index contributed by atoms with van der Waals surface area (Å²) >= 11 is 0. The molecule has 0 aliphatic heterocycles. The Bertz CT molecular complexity index is 1190. The third-order valence-electron chi connectivity index (χ3n) is 4.97. The minimum absolute atomic E-state index is 0.0944. The van der Waals surface area contributed by atoms with Gasteiger partial charge in [0.25, 0.3) is 5.91 Å². The van der Waals surface area contributed by atoms with Gasteiger partial charge in [0, 0.05) is 42.1 Å². The van der Waals surface area contributed by atoms with Crippen LogP contribution in [0.25, 0.3) is 21.9 Å². The van der Waals surface area contributed by atoms with Crippen molar-refractivity contribution in [2.24, 2.45) is 0 Å². The molecule has 0 radical (unpaired) electrons. The molecule has 2 aromatic heterocycles. The van der Waals surface area contributed by atoms with Gasteiger partial charge in [-0.1, -0.05) is 0 Å². The van der Waals surface area contributed by atoms with E-state index in [1.165, 1.54) is 6.92 Å². The Morgan fingerprint density at radius 1 is 1.29 bits per heavy atom. The molecule has 8 nitrogen and oxygen atoms in total. The van der Waals surface area contributed by atoms with Crippen LogP contribution in [0.2, 0.25) is 0 Å². The van der Waals surface area contributed by atoms with Crippen LogP contribution in [0, 0.1) is 11.3 Å². The van der Waals surface area contributed by atoms with Gasteiger partial charge < -0.3 is 20.9 Å². The normalized spacial score (nSPS) is 11.5. The zero-order valence-electron chi connectivity index (χ0n) is 18.5. The molecule has 0 saturated carbocycles. The standard InChI is InChI=1S/C23H28N6O2/c1-13(2)27-20-17(22(31)25-9-8-23(4,5)29-14(3)30)12-26-19-16-7-6-15(11-24)10-18(16)28-21(19)20/h6-7,10,12-13,28H,8-9H2,1-5H3,(H,25,31)(H,26,27)(H,29,30). The van der Waals surface area contributed by atoms with E-state index in [0.717, 1.165) is 21.9 Å². The second kappa shape index (κ2) is 8.64. The largest absolute Gasteiger partial charge is 0.380 e. The summed E-state index contributed by atoms with van der Waals surface area (Å²) in [5.41, 5.74) is 3.51. The number of carbonyl (C=O) groups excluding carboxylic acids is 2. The van der Waals surface area contributed by atoms with E-state index in [0.29, 0.717) is 29.8 Å². The van der Waals surface area contributed by atoms with Gasteiger partial charge in [0.1, 0.15) is 0 Å². The first-order valence-electron chi connectivity index (χ1n) is 10.3. The monoisotopic (exact) mass is 420 g/mol. The summed E-state index contributed by atoms with van der Waals surface area (Å²) in [6.07, 6.45) is 2.16. The van der Waals surface area contributed by atoms with Crippen LogP contribution >= 0.6 is 0 Å². The molecule has 0 atom stereocenters. The molecule has 0 saturated heterocycles. The quantitative estimate of drug-likeness (QED) is 0.466. The number of pyridine rings is 1. The summed E-state index contributed by atoms with van der Waals surface area (Å²) in [4.78, 5) is 32.2. The first-order valence-corrected chi connectivity index (χ1v) is 10.3. The summed E-state index contributed by atoms with van der Waals surface area (Å²) < 4.78 is 0. The van der Waals surface area contributed by atoms with Crippen LogP contribution in [0.4, 0.5) is 5.69 Å². The number of nitriles is 1. The fourth-order valence-electron chi connectivity index (χ4n) is 3.63. The number of anilines is 1. The van der Waals surface area contributed by atoms with Crippen molar-refractivity contribution < 1.29 is 9.59 Å². The fourth-order valence-corrected chi connectivity index (χ4v) is 3.63. The topological polar surface area (TPSA) is 123 Å². The highest BCUT2D eigenvalue weighted by Crippen LogP contribution is 2.32. The highest BCUT2D eigenvalue weighted by molar-refractivity contribution is 6.13. The molecule has 0 bridgehead atoms. The maximum Gasteiger partial charge on any atom is 0.255 e. The van der Waals surface area contributed by atoms with E-state index >= 15 is 0 Å². The number of aromatic amines is 1. The molecule has 0 aliphatic rings. The molecule has 0 spiro atoms. The van der Waals surface area contributed by atoms with Gasteiger partial charge in [0.05, 0.1) is 33.9 Å². The summed E-state index contributed by atoms with van der Waals surface area (Å²) in [7, 11) is 0. The molecular weight excluding hydrogens is 392 g/mol. The fraction of sp³-hybridized carbons (Fsp3) is 0.391. The molecule has 3 rings (SSSR count). The molecule has 162 valence electrons. The molecule has 0 aliphatic carbocycles. The van der Waals surface area contributed by atoms with Crippen LogP contribution in [-0.2, 0) is 4.79 Å². The minimum Gasteiger partial charge on any atom is -0.380 e. The van der Waals surface area contributed by atoms with Crippen molar-refractivity contribution in [3.05, 3.63) is 35.5 Å². The van der Waals surface area contributed by atoms with Crippen molar-refractivity contribution in [2.75, 3.05) is 11.9 Å². The first kappa shape index (κ1) is 22.1. The van der Waals surface area contributed by atoms with Crippen molar-refractivity contribution in [1.82, 2.24) is 20.6 Å². The summed E-state index contributed by atoms with van der Waals surface area (Å²) in [6, 6.07) is 7.63. The van der Waals surface area contributed by atoms with Gasteiger partial charge in [-0.3, -0.25) is 14.6 Å². The van der Waals surface area contributed by atoms with Gasteiger partial charge in [-0.25, -0.2) is 0 Å². The van der Waals surface area contributed by atoms with Crippen molar-refractivity contribution in [2.45, 2.75) is 52.6 Å². The Balaban J connectivity index is 1.93. The Hall–Kier alpha value is -3.60. The van der Waals surface area contributed by atoms with Gasteiger partial charge in [-0.15, -0.1) is 0 Å². The number of nitrogens with zero attached hydrogens (tertiary/aromatic N) is 2. The third-order valence-corrected chi connectivity index (χ3v) is 4.97. The lowest BCUT2D eigenvalue weighted by molar-refractivity contribution is -0.120. The van der Waals surface area contributed by atoms with Crippen LogP contribution in [0.3, 0.4) is 0 Å². The molecule has 8 heteroatoms. The minimum atomic E-state index is -0.421. The number of hydrogen-bond acceptors (Lipinski definition) is 5. The maximum atomic E-state index is 13.0. The zero-order chi connectivity index (χ0) is 22.8. The molecule has 2 heterocycles. The first-order chi connectivity index (χ1) is 14.6. The van der Waals surface area contributed by atoms with Crippen LogP contribution in [0.1, 0.15) is 57.0 Å². The summed E-state index contributed by atoms with van der Waals surface area (Å²) in [5, 5.41) is 19.2. The lowest BCUT2D eigenvalue weighted by Crippen LogP contribution is -2.44. The molecular formula is C23H28N6O2. The van der Waals surface area contributed by atoms with Gasteiger partial charge in [-0.2, -0.15) is 5.26 Å². The number of aromatic nitrogens is 2. The maximum absolute atomic E-state index is 13.0. The van der Waals surface area contributed by atoms with E-state index in [2.05, 4.69) is 32.0 Å². The molecule has 4 N–H and O–H groups in total. The number of H-pyrrole nitrogens is 1. The average Bonchev–Trinajstić information content (AvgIpc) is 3.04. The van der Waals surface area contributed by atoms with Crippen molar-refractivity contribution >= 4 is 39.4 Å². The van der Waals surface area contributed by atoms with E-state index in [4.69, 9.17) is 0 Å². The SMILES string of the molecule is CC(=O)NC(C)(C)CCNC(=O)c1cnc2c([nH]c3cc(C#N)ccc32)c1NC(C)C. The summed E-state index contributed by atoms with van der Waals surface area (Å²) in [6.45, 7) is 9.72. The number of carbonyl (C=O) groups is 2. The van der Waals surface area contributed by atoms with E-state index in [1.807, 2.05) is 33.8 Å². The predicted octanol–water partition coefficient (Wildman–Crippen LogP) is 3.44. The number of benzene rings is 1. The number of hydrogen-bond donors (Lipinski definition) is 4. The van der Waals surface area contributed by atoms with Gasteiger partial charge in [-0.05, 0) is 52.3 Å². The van der Waals surface area contributed by atoms with Crippen molar-refractivity contribution in [3.63, 3.8) is 0 Å². The molecule has 0 fully saturated rings. The molecule has 0 unspecified atom stereocenters. The highest BCUT2D eigenvalue weighted by atomic mass is 16.2. The summed E-state index contributed by atoms with van der Waals surface area (Å²) in [5.74, 6) is -0.347. The van der Waals surface area contributed by atoms with Crippen LogP contribution in [0.5, 0.6) is 0 Å². The van der Waals surface area contributed by atoms with E-state index in [1.54, 1.807) is 18.3 Å². The zero-order valence-corrected chi connectivity index (χ0v) is 18.5. The average molecular weight is 421 g/mol. The Kier molecular flexibility index (Phi) is 6.16.